The van der Waals surface area contributed by atoms with Crippen molar-refractivity contribution in [3.8, 4) is 5.75 Å². The van der Waals surface area contributed by atoms with Gasteiger partial charge in [0.15, 0.2) is 0 Å². The number of hydrazine groups is 1. The highest BCUT2D eigenvalue weighted by Crippen LogP contribution is 2.12. The number of benzene rings is 2. The first-order chi connectivity index (χ1) is 11.6. The molecule has 0 saturated heterocycles. The highest BCUT2D eigenvalue weighted by Gasteiger charge is 2.04. The van der Waals surface area contributed by atoms with E-state index in [0.717, 1.165) is 11.3 Å². The van der Waals surface area contributed by atoms with Gasteiger partial charge in [-0.15, -0.1) is 0 Å². The Morgan fingerprint density at radius 1 is 1.04 bits per heavy atom. The molecule has 0 unspecified atom stereocenters. The maximum absolute atomic E-state index is 12.8. The van der Waals surface area contributed by atoms with Gasteiger partial charge in [-0.05, 0) is 41.5 Å². The SMILES string of the molecule is COc1ccc(/C=C/C(=O)NNC(=O)Cc2ccc(F)cc2)cc1. The molecule has 2 amide bonds. The number of hydrogen-bond donors (Lipinski definition) is 2. The van der Waals surface area contributed by atoms with Crippen molar-refractivity contribution in [1.29, 1.82) is 0 Å². The van der Waals surface area contributed by atoms with Gasteiger partial charge in [0.2, 0.25) is 5.91 Å². The molecule has 0 aliphatic carbocycles. The fraction of sp³-hybridized carbons (Fsp3) is 0.111. The van der Waals surface area contributed by atoms with Crippen LogP contribution in [0.4, 0.5) is 4.39 Å². The Balaban J connectivity index is 1.78. The monoisotopic (exact) mass is 328 g/mol. The molecule has 6 heteroatoms. The molecule has 0 spiro atoms. The van der Waals surface area contributed by atoms with Crippen LogP contribution in [0.15, 0.2) is 54.6 Å². The lowest BCUT2D eigenvalue weighted by molar-refractivity contribution is -0.126. The second-order valence-corrected chi connectivity index (χ2v) is 4.95. The van der Waals surface area contributed by atoms with E-state index in [2.05, 4.69) is 10.9 Å². The fourth-order valence-electron chi connectivity index (χ4n) is 1.89. The molecule has 0 radical (unpaired) electrons. The number of halogens is 1. The third kappa shape index (κ3) is 5.57. The number of nitrogens with one attached hydrogen (secondary N) is 2. The molecule has 2 aromatic rings. The number of methoxy groups -OCH3 is 1. The predicted octanol–water partition coefficient (Wildman–Crippen LogP) is 2.24. The summed E-state index contributed by atoms with van der Waals surface area (Å²) in [5.74, 6) is -0.494. The maximum atomic E-state index is 12.8. The molecular weight excluding hydrogens is 311 g/mol. The first-order valence-corrected chi connectivity index (χ1v) is 7.22. The molecule has 2 rings (SSSR count). The minimum atomic E-state index is -0.460. The van der Waals surface area contributed by atoms with E-state index in [1.54, 1.807) is 37.5 Å². The third-order valence-electron chi connectivity index (χ3n) is 3.15. The number of carbonyl (C=O) groups excluding carboxylic acids is 2. The lowest BCUT2D eigenvalue weighted by atomic mass is 10.1. The number of amides is 2. The fourth-order valence-corrected chi connectivity index (χ4v) is 1.89. The molecule has 0 aromatic heterocycles. The highest BCUT2D eigenvalue weighted by molar-refractivity contribution is 5.93. The molecular formula is C18H17FN2O3. The van der Waals surface area contributed by atoms with E-state index in [4.69, 9.17) is 4.74 Å². The smallest absolute Gasteiger partial charge is 0.262 e. The maximum Gasteiger partial charge on any atom is 0.262 e. The van der Waals surface area contributed by atoms with Gasteiger partial charge in [0, 0.05) is 6.08 Å². The first-order valence-electron chi connectivity index (χ1n) is 7.22. The minimum absolute atomic E-state index is 0.0444. The normalized spacial score (nSPS) is 10.4. The van der Waals surface area contributed by atoms with Crippen molar-refractivity contribution in [2.45, 2.75) is 6.42 Å². The summed E-state index contributed by atoms with van der Waals surface area (Å²) in [4.78, 5) is 23.3. The summed E-state index contributed by atoms with van der Waals surface area (Å²) in [5.41, 5.74) is 6.05. The molecule has 5 nitrogen and oxygen atoms in total. The minimum Gasteiger partial charge on any atom is -0.497 e. The van der Waals surface area contributed by atoms with Gasteiger partial charge in [-0.2, -0.15) is 0 Å². The zero-order valence-corrected chi connectivity index (χ0v) is 13.1. The molecule has 0 bridgehead atoms. The predicted molar refractivity (Wildman–Crippen MR) is 88.4 cm³/mol. The van der Waals surface area contributed by atoms with Crippen LogP contribution in [0.1, 0.15) is 11.1 Å². The summed E-state index contributed by atoms with van der Waals surface area (Å²) in [6, 6.07) is 12.7. The number of hydrogen-bond acceptors (Lipinski definition) is 3. The lowest BCUT2D eigenvalue weighted by Crippen LogP contribution is -2.41. The van der Waals surface area contributed by atoms with Crippen LogP contribution < -0.4 is 15.6 Å². The van der Waals surface area contributed by atoms with Crippen LogP contribution in [0, 0.1) is 5.82 Å². The largest absolute Gasteiger partial charge is 0.497 e. The molecule has 24 heavy (non-hydrogen) atoms. The van der Waals surface area contributed by atoms with E-state index >= 15 is 0 Å². The van der Waals surface area contributed by atoms with E-state index in [-0.39, 0.29) is 12.2 Å². The zero-order valence-electron chi connectivity index (χ0n) is 13.1. The van der Waals surface area contributed by atoms with Crippen LogP contribution in [0.25, 0.3) is 6.08 Å². The molecule has 0 fully saturated rings. The molecule has 0 aliphatic heterocycles. The summed E-state index contributed by atoms with van der Waals surface area (Å²) in [5, 5.41) is 0. The van der Waals surface area contributed by atoms with Gasteiger partial charge >= 0.3 is 0 Å². The third-order valence-corrected chi connectivity index (χ3v) is 3.15. The van der Waals surface area contributed by atoms with Gasteiger partial charge in [0.1, 0.15) is 11.6 Å². The van der Waals surface area contributed by atoms with E-state index in [0.29, 0.717) is 5.56 Å². The molecule has 0 atom stereocenters. The van der Waals surface area contributed by atoms with Crippen LogP contribution in [0.2, 0.25) is 0 Å². The first kappa shape index (κ1) is 17.2. The van der Waals surface area contributed by atoms with E-state index < -0.39 is 11.8 Å². The second-order valence-electron chi connectivity index (χ2n) is 4.95. The van der Waals surface area contributed by atoms with Crippen LogP contribution in [0.3, 0.4) is 0 Å². The van der Waals surface area contributed by atoms with Crippen molar-refractivity contribution in [3.05, 3.63) is 71.6 Å². The van der Waals surface area contributed by atoms with Gasteiger partial charge in [0.05, 0.1) is 13.5 Å². The van der Waals surface area contributed by atoms with Gasteiger partial charge in [-0.25, -0.2) is 4.39 Å². The van der Waals surface area contributed by atoms with Crippen LogP contribution in [-0.2, 0) is 16.0 Å². The van der Waals surface area contributed by atoms with Crippen molar-refractivity contribution in [2.24, 2.45) is 0 Å². The number of carbonyl (C=O) groups is 2. The van der Waals surface area contributed by atoms with Gasteiger partial charge < -0.3 is 4.74 Å². The Kier molecular flexibility index (Phi) is 6.08. The van der Waals surface area contributed by atoms with Crippen molar-refractivity contribution >= 4 is 17.9 Å². The Morgan fingerprint density at radius 2 is 1.71 bits per heavy atom. The van der Waals surface area contributed by atoms with Gasteiger partial charge in [0.25, 0.3) is 5.91 Å². The standard InChI is InChI=1S/C18H17FN2O3/c1-24-16-9-4-13(5-10-16)6-11-17(22)20-21-18(23)12-14-2-7-15(19)8-3-14/h2-11H,12H2,1H3,(H,20,22)(H,21,23)/b11-6+. The molecule has 2 aromatic carbocycles. The average Bonchev–Trinajstić information content (AvgIpc) is 2.60. The highest BCUT2D eigenvalue weighted by atomic mass is 19.1. The molecule has 0 saturated carbocycles. The summed E-state index contributed by atoms with van der Waals surface area (Å²) in [6.45, 7) is 0. The molecule has 0 heterocycles. The number of rotatable bonds is 5. The van der Waals surface area contributed by atoms with Crippen molar-refractivity contribution in [3.63, 3.8) is 0 Å². The van der Waals surface area contributed by atoms with Crippen molar-refractivity contribution < 1.29 is 18.7 Å². The molecule has 0 aliphatic rings. The summed E-state index contributed by atoms with van der Waals surface area (Å²) in [7, 11) is 1.58. The Bertz CT molecular complexity index is 725. The van der Waals surface area contributed by atoms with E-state index in [1.807, 2.05) is 0 Å². The van der Waals surface area contributed by atoms with E-state index in [9.17, 15) is 14.0 Å². The number of ether oxygens (including phenoxy) is 1. The lowest BCUT2D eigenvalue weighted by Gasteiger charge is -2.05. The summed E-state index contributed by atoms with van der Waals surface area (Å²) in [6.07, 6.45) is 2.96. The Morgan fingerprint density at radius 3 is 2.33 bits per heavy atom. The zero-order chi connectivity index (χ0) is 17.4. The quantitative estimate of drug-likeness (QED) is 0.653. The molecule has 124 valence electrons. The van der Waals surface area contributed by atoms with E-state index in [1.165, 1.54) is 30.3 Å². The Hall–Kier alpha value is -3.15. The summed E-state index contributed by atoms with van der Waals surface area (Å²) < 4.78 is 17.8. The second kappa shape index (κ2) is 8.47. The summed E-state index contributed by atoms with van der Waals surface area (Å²) >= 11 is 0. The van der Waals surface area contributed by atoms with Crippen LogP contribution in [-0.4, -0.2) is 18.9 Å². The average molecular weight is 328 g/mol. The van der Waals surface area contributed by atoms with Crippen molar-refractivity contribution in [2.75, 3.05) is 7.11 Å². The van der Waals surface area contributed by atoms with Crippen molar-refractivity contribution in [1.82, 2.24) is 10.9 Å². The Labute approximate surface area is 139 Å². The topological polar surface area (TPSA) is 67.4 Å². The van der Waals surface area contributed by atoms with Gasteiger partial charge in [-0.3, -0.25) is 20.4 Å². The van der Waals surface area contributed by atoms with Crippen LogP contribution in [0.5, 0.6) is 5.75 Å². The van der Waals surface area contributed by atoms with Crippen LogP contribution >= 0.6 is 0 Å². The van der Waals surface area contributed by atoms with Gasteiger partial charge in [-0.1, -0.05) is 24.3 Å². The molecule has 2 N–H and O–H groups in total.